The number of anilines is 3. The molecule has 1 aliphatic carbocycles. The molecular weight excluding hydrogens is 868 g/mol. The zero-order valence-corrected chi connectivity index (χ0v) is 32.0. The number of hydrogen-bond acceptors (Lipinski definition) is 4. The van der Waals surface area contributed by atoms with E-state index < -0.39 is 0 Å². The Bertz CT molecular complexity index is 3130. The molecule has 0 amide bonds. The van der Waals surface area contributed by atoms with E-state index >= 15 is 0 Å². The summed E-state index contributed by atoms with van der Waals surface area (Å²) >= 11 is 0. The van der Waals surface area contributed by atoms with Gasteiger partial charge in [-0.25, -0.2) is 4.98 Å². The Labute approximate surface area is 337 Å². The minimum absolute atomic E-state index is 0. The predicted octanol–water partition coefficient (Wildman–Crippen LogP) is 12.1. The molecule has 0 saturated heterocycles. The summed E-state index contributed by atoms with van der Waals surface area (Å²) in [6.07, 6.45) is 1.84. The van der Waals surface area contributed by atoms with Crippen LogP contribution in [0, 0.1) is 12.1 Å². The summed E-state index contributed by atoms with van der Waals surface area (Å²) in [6, 6.07) is 65.4. The zero-order chi connectivity index (χ0) is 36.0. The molecule has 12 rings (SSSR count). The van der Waals surface area contributed by atoms with E-state index in [4.69, 9.17) is 15.3 Å². The summed E-state index contributed by atoms with van der Waals surface area (Å²) < 4.78 is 4.26. The van der Waals surface area contributed by atoms with Gasteiger partial charge >= 0.3 is 21.1 Å². The van der Waals surface area contributed by atoms with Gasteiger partial charge in [-0.05, 0) is 52.4 Å². The fourth-order valence-electron chi connectivity index (χ4n) is 8.86. The van der Waals surface area contributed by atoms with Crippen molar-refractivity contribution >= 4 is 50.3 Å². The third-order valence-electron chi connectivity index (χ3n) is 11.2. The van der Waals surface area contributed by atoms with Crippen molar-refractivity contribution in [3.8, 4) is 39.2 Å². The van der Waals surface area contributed by atoms with E-state index in [-0.39, 0.29) is 27.1 Å². The maximum Gasteiger partial charge on any atom is 2.00 e. The zero-order valence-electron chi connectivity index (χ0n) is 29.7. The Balaban J connectivity index is 0.00000363. The van der Waals surface area contributed by atoms with E-state index in [2.05, 4.69) is 173 Å². The van der Waals surface area contributed by atoms with Crippen molar-refractivity contribution in [3.63, 3.8) is 0 Å². The predicted molar refractivity (Wildman–Crippen MR) is 219 cm³/mol. The van der Waals surface area contributed by atoms with E-state index in [1.54, 1.807) is 0 Å². The average molecular weight is 897 g/mol. The van der Waals surface area contributed by atoms with E-state index in [0.29, 0.717) is 0 Å². The molecule has 0 bridgehead atoms. The molecule has 0 radical (unpaired) electrons. The monoisotopic (exact) mass is 896 g/mol. The molecule has 4 heterocycles. The SMILES string of the molecule is [Pt+2].[c-]1c([N+]2=NN=C3c4ccccc4-c4ccccc4C32)ccc2c1N(c1[c-]c3c(cc1)c1ccccc1n3-c1ccccn1)c1ccccc1-c1ccccc1-2. The standard InChI is InChI=1S/C49H29N6.Pt/c1-2-14-34-33(13-1)37-17-7-9-21-43(37)53(31-24-26-40-38-18-8-10-22-44(38)54(46(40)29-31)47-23-11-12-28-50-47)45-30-32(25-27-39(34)45)55-49-42-20-6-4-16-36(42)35-15-3-5-19-41(35)48(49)51-52-55;/h1-28,49H;/q-1;+2. The van der Waals surface area contributed by atoms with Crippen LogP contribution < -0.4 is 4.90 Å². The van der Waals surface area contributed by atoms with Crippen molar-refractivity contribution in [3.05, 3.63) is 193 Å². The fraction of sp³-hybridized carbons (Fsp3) is 0.0204. The number of para-hydroxylation sites is 2. The van der Waals surface area contributed by atoms with Crippen molar-refractivity contribution in [1.29, 1.82) is 0 Å². The van der Waals surface area contributed by atoms with Gasteiger partial charge in [-0.15, -0.1) is 39.9 Å². The molecule has 7 heteroatoms. The Morgan fingerprint density at radius 1 is 0.536 bits per heavy atom. The number of pyridine rings is 1. The topological polar surface area (TPSA) is 48.8 Å². The van der Waals surface area contributed by atoms with Crippen molar-refractivity contribution in [2.75, 3.05) is 4.90 Å². The van der Waals surface area contributed by atoms with Gasteiger partial charge in [0.15, 0.2) is 0 Å². The number of rotatable bonds is 3. The van der Waals surface area contributed by atoms with Gasteiger partial charge < -0.3 is 9.47 Å². The van der Waals surface area contributed by atoms with Crippen molar-refractivity contribution in [2.24, 2.45) is 10.3 Å². The molecule has 9 aromatic rings. The van der Waals surface area contributed by atoms with Gasteiger partial charge in [-0.1, -0.05) is 132 Å². The summed E-state index contributed by atoms with van der Waals surface area (Å²) in [5, 5.41) is 12.0. The quantitative estimate of drug-likeness (QED) is 0.131. The summed E-state index contributed by atoms with van der Waals surface area (Å²) in [4.78, 5) is 7.11. The molecule has 3 aliphatic rings. The normalized spacial score (nSPS) is 14.6. The minimum Gasteiger partial charge on any atom is -0.357 e. The van der Waals surface area contributed by atoms with Crippen molar-refractivity contribution < 1.29 is 25.8 Å². The molecule has 2 aliphatic heterocycles. The van der Waals surface area contributed by atoms with E-state index in [9.17, 15) is 0 Å². The van der Waals surface area contributed by atoms with Gasteiger partial charge in [0, 0.05) is 39.8 Å². The van der Waals surface area contributed by atoms with Gasteiger partial charge in [0.25, 0.3) is 0 Å². The van der Waals surface area contributed by atoms with Crippen LogP contribution in [0.3, 0.4) is 0 Å². The molecular formula is C49H29N6Pt+. The van der Waals surface area contributed by atoms with Gasteiger partial charge in [-0.2, -0.15) is 12.1 Å². The summed E-state index contributed by atoms with van der Waals surface area (Å²) in [5.41, 5.74) is 15.9. The second kappa shape index (κ2) is 12.7. The number of aromatic nitrogens is 2. The number of nitrogens with zero attached hydrogens (tertiary/aromatic N) is 6. The van der Waals surface area contributed by atoms with Crippen LogP contribution in [0.5, 0.6) is 0 Å². The molecule has 0 N–H and O–H groups in total. The molecule has 0 fully saturated rings. The van der Waals surface area contributed by atoms with Crippen LogP contribution in [0.15, 0.2) is 180 Å². The van der Waals surface area contributed by atoms with Gasteiger partial charge in [0.2, 0.25) is 11.8 Å². The van der Waals surface area contributed by atoms with Gasteiger partial charge in [-0.3, -0.25) is 0 Å². The van der Waals surface area contributed by atoms with Crippen LogP contribution in [0.1, 0.15) is 17.2 Å². The maximum atomic E-state index is 4.87. The third kappa shape index (κ3) is 4.66. The Kier molecular flexibility index (Phi) is 7.38. The molecule has 56 heavy (non-hydrogen) atoms. The average Bonchev–Trinajstić information content (AvgIpc) is 3.82. The molecule has 264 valence electrons. The van der Waals surface area contributed by atoms with Gasteiger partial charge in [0.1, 0.15) is 11.0 Å². The van der Waals surface area contributed by atoms with Crippen LogP contribution in [0.25, 0.3) is 61.0 Å². The van der Waals surface area contributed by atoms with Crippen molar-refractivity contribution in [2.45, 2.75) is 6.04 Å². The molecule has 2 aromatic heterocycles. The third-order valence-corrected chi connectivity index (χ3v) is 11.2. The molecule has 1 unspecified atom stereocenters. The first-order chi connectivity index (χ1) is 27.3. The Hall–Kier alpha value is -6.75. The second-order valence-electron chi connectivity index (χ2n) is 14.1. The van der Waals surface area contributed by atoms with Crippen LogP contribution in [0.4, 0.5) is 22.7 Å². The smallest absolute Gasteiger partial charge is 0.357 e. The number of hydrogen-bond donors (Lipinski definition) is 0. The molecule has 7 aromatic carbocycles. The first kappa shape index (κ1) is 32.7. The summed E-state index contributed by atoms with van der Waals surface area (Å²) in [5.74, 6) is 0.848. The van der Waals surface area contributed by atoms with Gasteiger partial charge in [0.05, 0.1) is 5.10 Å². The van der Waals surface area contributed by atoms with E-state index in [0.717, 1.165) is 78.3 Å². The Morgan fingerprint density at radius 2 is 1.21 bits per heavy atom. The van der Waals surface area contributed by atoms with Crippen LogP contribution >= 0.6 is 0 Å². The summed E-state index contributed by atoms with van der Waals surface area (Å²) in [7, 11) is 0. The second-order valence-corrected chi connectivity index (χ2v) is 14.1. The fourth-order valence-corrected chi connectivity index (χ4v) is 8.86. The van der Waals surface area contributed by atoms with E-state index in [1.807, 2.05) is 23.0 Å². The van der Waals surface area contributed by atoms with Crippen molar-refractivity contribution in [1.82, 2.24) is 9.55 Å². The minimum atomic E-state index is -0.184. The Morgan fingerprint density at radius 3 is 2.04 bits per heavy atom. The van der Waals surface area contributed by atoms with Crippen LogP contribution in [0.2, 0.25) is 0 Å². The molecule has 1 atom stereocenters. The largest absolute Gasteiger partial charge is 2.00 e. The molecule has 0 spiro atoms. The molecule has 6 nitrogen and oxygen atoms in total. The number of benzene rings is 7. The number of fused-ring (bicyclic) bond motifs is 14. The molecule has 0 saturated carbocycles. The van der Waals surface area contributed by atoms with Crippen LogP contribution in [-0.4, -0.2) is 20.0 Å². The van der Waals surface area contributed by atoms with Crippen LogP contribution in [-0.2, 0) is 21.1 Å². The van der Waals surface area contributed by atoms with E-state index in [1.165, 1.54) is 22.3 Å². The first-order valence-electron chi connectivity index (χ1n) is 18.5. The summed E-state index contributed by atoms with van der Waals surface area (Å²) in [6.45, 7) is 0. The maximum absolute atomic E-state index is 4.87. The first-order valence-corrected chi connectivity index (χ1v) is 18.5.